The predicted molar refractivity (Wildman–Crippen MR) is 39.5 cm³/mol. The molecule has 0 unspecified atom stereocenters. The van der Waals surface area contributed by atoms with Crippen LogP contribution < -0.4 is 0 Å². The minimum absolute atomic E-state index is 0.0182. The van der Waals surface area contributed by atoms with Crippen molar-refractivity contribution in [3.05, 3.63) is 23.8 Å². The fraction of sp³-hybridized carbons (Fsp3) is 0.500. The first kappa shape index (κ1) is 7.32. The highest BCUT2D eigenvalue weighted by Crippen LogP contribution is 2.20. The molecule has 0 radical (unpaired) electrons. The zero-order valence-corrected chi connectivity index (χ0v) is 6.53. The summed E-state index contributed by atoms with van der Waals surface area (Å²) in [5.41, 5.74) is 0.953. The molecule has 0 aromatic carbocycles. The van der Waals surface area contributed by atoms with E-state index in [-0.39, 0.29) is 11.2 Å². The SMILES string of the molecule is CC(C)(C)c1cc(F)c[nH]1. The lowest BCUT2D eigenvalue weighted by atomic mass is 9.93. The van der Waals surface area contributed by atoms with Crippen molar-refractivity contribution in [1.82, 2.24) is 4.98 Å². The van der Waals surface area contributed by atoms with Crippen LogP contribution in [0.3, 0.4) is 0 Å². The van der Waals surface area contributed by atoms with E-state index in [9.17, 15) is 4.39 Å². The Kier molecular flexibility index (Phi) is 1.55. The molecule has 0 atom stereocenters. The van der Waals surface area contributed by atoms with Crippen molar-refractivity contribution in [3.63, 3.8) is 0 Å². The Labute approximate surface area is 60.3 Å². The van der Waals surface area contributed by atoms with Gasteiger partial charge < -0.3 is 4.98 Å². The smallest absolute Gasteiger partial charge is 0.140 e. The van der Waals surface area contributed by atoms with E-state index in [1.165, 1.54) is 12.3 Å². The molecule has 1 aromatic rings. The fourth-order valence-electron chi connectivity index (χ4n) is 0.801. The lowest BCUT2D eigenvalue weighted by Gasteiger charge is -2.15. The summed E-state index contributed by atoms with van der Waals surface area (Å²) in [6, 6.07) is 1.53. The molecule has 0 saturated carbocycles. The van der Waals surface area contributed by atoms with Crippen LogP contribution in [-0.4, -0.2) is 4.98 Å². The van der Waals surface area contributed by atoms with Gasteiger partial charge in [0.15, 0.2) is 0 Å². The number of hydrogen-bond donors (Lipinski definition) is 1. The second kappa shape index (κ2) is 2.11. The first-order chi connectivity index (χ1) is 4.50. The highest BCUT2D eigenvalue weighted by molar-refractivity contribution is 5.14. The van der Waals surface area contributed by atoms with E-state index in [0.29, 0.717) is 0 Å². The lowest BCUT2D eigenvalue weighted by Crippen LogP contribution is -2.10. The summed E-state index contributed by atoms with van der Waals surface area (Å²) in [7, 11) is 0. The summed E-state index contributed by atoms with van der Waals surface area (Å²) in [4.78, 5) is 2.87. The third kappa shape index (κ3) is 1.38. The number of aromatic nitrogens is 1. The Hall–Kier alpha value is -0.790. The van der Waals surface area contributed by atoms with Crippen molar-refractivity contribution in [2.45, 2.75) is 26.2 Å². The Morgan fingerprint density at radius 2 is 2.00 bits per heavy atom. The minimum atomic E-state index is -0.190. The molecule has 0 amide bonds. The molecule has 0 aliphatic rings. The van der Waals surface area contributed by atoms with Gasteiger partial charge in [-0.15, -0.1) is 0 Å². The van der Waals surface area contributed by atoms with Crippen molar-refractivity contribution in [2.75, 3.05) is 0 Å². The van der Waals surface area contributed by atoms with Gasteiger partial charge >= 0.3 is 0 Å². The van der Waals surface area contributed by atoms with E-state index >= 15 is 0 Å². The van der Waals surface area contributed by atoms with Crippen LogP contribution in [0, 0.1) is 5.82 Å². The summed E-state index contributed by atoms with van der Waals surface area (Å²) in [6.07, 6.45) is 1.38. The Bertz CT molecular complexity index is 219. The molecule has 1 heterocycles. The van der Waals surface area contributed by atoms with Crippen LogP contribution in [0.5, 0.6) is 0 Å². The van der Waals surface area contributed by atoms with Crippen LogP contribution in [0.2, 0.25) is 0 Å². The van der Waals surface area contributed by atoms with Gasteiger partial charge in [0, 0.05) is 17.3 Å². The number of halogens is 1. The zero-order valence-electron chi connectivity index (χ0n) is 6.53. The Morgan fingerprint density at radius 3 is 2.20 bits per heavy atom. The predicted octanol–water partition coefficient (Wildman–Crippen LogP) is 2.45. The zero-order chi connectivity index (χ0) is 7.78. The largest absolute Gasteiger partial charge is 0.362 e. The van der Waals surface area contributed by atoms with Gasteiger partial charge in [0.05, 0.1) is 0 Å². The summed E-state index contributed by atoms with van der Waals surface area (Å²) in [6.45, 7) is 6.12. The highest BCUT2D eigenvalue weighted by Gasteiger charge is 2.14. The van der Waals surface area contributed by atoms with Crippen molar-refractivity contribution in [2.24, 2.45) is 0 Å². The molecule has 2 heteroatoms. The van der Waals surface area contributed by atoms with Crippen molar-refractivity contribution in [3.8, 4) is 0 Å². The number of H-pyrrole nitrogens is 1. The fourth-order valence-corrected chi connectivity index (χ4v) is 0.801. The highest BCUT2D eigenvalue weighted by atomic mass is 19.1. The van der Waals surface area contributed by atoms with E-state index in [1.807, 2.05) is 20.8 Å². The summed E-state index contributed by atoms with van der Waals surface area (Å²) in [5.74, 6) is -0.190. The molecular formula is C8H12FN. The second-order valence-corrected chi connectivity index (χ2v) is 3.48. The van der Waals surface area contributed by atoms with E-state index in [2.05, 4.69) is 4.98 Å². The van der Waals surface area contributed by atoms with Gasteiger partial charge in [-0.3, -0.25) is 0 Å². The van der Waals surface area contributed by atoms with E-state index in [0.717, 1.165) is 5.69 Å². The topological polar surface area (TPSA) is 15.8 Å². The molecule has 0 aliphatic carbocycles. The quantitative estimate of drug-likeness (QED) is 0.571. The minimum Gasteiger partial charge on any atom is -0.362 e. The second-order valence-electron chi connectivity index (χ2n) is 3.48. The molecule has 0 aliphatic heterocycles. The maximum absolute atomic E-state index is 12.4. The molecule has 56 valence electrons. The maximum Gasteiger partial charge on any atom is 0.140 e. The van der Waals surface area contributed by atoms with E-state index in [1.54, 1.807) is 0 Å². The van der Waals surface area contributed by atoms with Gasteiger partial charge in [-0.05, 0) is 6.07 Å². The summed E-state index contributed by atoms with van der Waals surface area (Å²) in [5, 5.41) is 0. The van der Waals surface area contributed by atoms with Crippen LogP contribution >= 0.6 is 0 Å². The average molecular weight is 141 g/mol. The van der Waals surface area contributed by atoms with Crippen LogP contribution in [0.1, 0.15) is 26.5 Å². The van der Waals surface area contributed by atoms with Crippen LogP contribution in [-0.2, 0) is 5.41 Å². The van der Waals surface area contributed by atoms with Gasteiger partial charge in [-0.1, -0.05) is 20.8 Å². The van der Waals surface area contributed by atoms with Crippen molar-refractivity contribution < 1.29 is 4.39 Å². The molecular weight excluding hydrogens is 129 g/mol. The first-order valence-corrected chi connectivity index (χ1v) is 3.34. The van der Waals surface area contributed by atoms with Crippen molar-refractivity contribution in [1.29, 1.82) is 0 Å². The molecule has 0 saturated heterocycles. The Morgan fingerprint density at radius 1 is 1.40 bits per heavy atom. The van der Waals surface area contributed by atoms with Gasteiger partial charge in [-0.2, -0.15) is 0 Å². The summed E-state index contributed by atoms with van der Waals surface area (Å²) >= 11 is 0. The van der Waals surface area contributed by atoms with Crippen LogP contribution in [0.4, 0.5) is 4.39 Å². The molecule has 1 N–H and O–H groups in total. The third-order valence-corrected chi connectivity index (χ3v) is 1.46. The number of aromatic amines is 1. The monoisotopic (exact) mass is 141 g/mol. The Balaban J connectivity index is 2.96. The molecule has 0 spiro atoms. The van der Waals surface area contributed by atoms with Gasteiger partial charge in [0.25, 0.3) is 0 Å². The third-order valence-electron chi connectivity index (χ3n) is 1.46. The van der Waals surface area contributed by atoms with Crippen LogP contribution in [0.25, 0.3) is 0 Å². The molecule has 0 bridgehead atoms. The van der Waals surface area contributed by atoms with Crippen LogP contribution in [0.15, 0.2) is 12.3 Å². The van der Waals surface area contributed by atoms with E-state index < -0.39 is 0 Å². The molecule has 10 heavy (non-hydrogen) atoms. The molecule has 1 aromatic heterocycles. The van der Waals surface area contributed by atoms with Gasteiger partial charge in [0.1, 0.15) is 5.82 Å². The first-order valence-electron chi connectivity index (χ1n) is 3.34. The number of nitrogens with one attached hydrogen (secondary N) is 1. The normalized spacial score (nSPS) is 12.0. The van der Waals surface area contributed by atoms with Gasteiger partial charge in [0.2, 0.25) is 0 Å². The molecule has 1 rings (SSSR count). The van der Waals surface area contributed by atoms with E-state index in [4.69, 9.17) is 0 Å². The number of hydrogen-bond acceptors (Lipinski definition) is 0. The van der Waals surface area contributed by atoms with Gasteiger partial charge in [-0.25, -0.2) is 4.39 Å². The maximum atomic E-state index is 12.4. The molecule has 0 fully saturated rings. The standard InChI is InChI=1S/C8H12FN/c1-8(2,3)7-4-6(9)5-10-7/h4-5,10H,1-3H3. The number of rotatable bonds is 0. The molecule has 1 nitrogen and oxygen atoms in total. The lowest BCUT2D eigenvalue weighted by molar-refractivity contribution is 0.570. The van der Waals surface area contributed by atoms with Crippen molar-refractivity contribution >= 4 is 0 Å². The summed E-state index contributed by atoms with van der Waals surface area (Å²) < 4.78 is 12.4. The average Bonchev–Trinajstić information content (AvgIpc) is 2.11.